The van der Waals surface area contributed by atoms with Crippen molar-refractivity contribution in [2.45, 2.75) is 81.7 Å². The van der Waals surface area contributed by atoms with Gasteiger partial charge in [0.05, 0.1) is 11.7 Å². The van der Waals surface area contributed by atoms with Crippen LogP contribution in [0.3, 0.4) is 0 Å². The summed E-state index contributed by atoms with van der Waals surface area (Å²) >= 11 is 1.01. The van der Waals surface area contributed by atoms with Gasteiger partial charge in [0.1, 0.15) is 22.0 Å². The Morgan fingerprint density at radius 2 is 1.82 bits per heavy atom. The zero-order valence-electron chi connectivity index (χ0n) is 19.1. The van der Waals surface area contributed by atoms with Gasteiger partial charge in [-0.2, -0.15) is 13.1 Å². The molecule has 2 aromatic rings. The summed E-state index contributed by atoms with van der Waals surface area (Å²) in [7, 11) is -3.86. The summed E-state index contributed by atoms with van der Waals surface area (Å²) in [6.45, 7) is 2.52. The van der Waals surface area contributed by atoms with Gasteiger partial charge in [-0.1, -0.05) is 12.5 Å². The summed E-state index contributed by atoms with van der Waals surface area (Å²) in [5.41, 5.74) is 1.17. The van der Waals surface area contributed by atoms with E-state index < -0.39 is 16.1 Å². The minimum absolute atomic E-state index is 0.0797. The normalized spacial score (nSPS) is 35.1. The fourth-order valence-corrected chi connectivity index (χ4v) is 10.2. The van der Waals surface area contributed by atoms with E-state index in [4.69, 9.17) is 0 Å². The van der Waals surface area contributed by atoms with E-state index in [0.29, 0.717) is 24.0 Å². The Balaban J connectivity index is 1.25. The summed E-state index contributed by atoms with van der Waals surface area (Å²) in [6, 6.07) is 4.47. The predicted molar refractivity (Wildman–Crippen MR) is 127 cm³/mol. The molecule has 0 radical (unpaired) electrons. The largest absolute Gasteiger partial charge is 0.352 e. The number of carbonyl (C=O) groups is 1. The lowest BCUT2D eigenvalue weighted by Crippen LogP contribution is -2.59. The van der Waals surface area contributed by atoms with Crippen LogP contribution in [0.2, 0.25) is 0 Å². The molecule has 1 aromatic carbocycles. The van der Waals surface area contributed by atoms with Crippen molar-refractivity contribution in [3.8, 4) is 0 Å². The number of benzene rings is 1. The standard InChI is InChI=1S/C24H32N4O3S2/c1-15(24-12-16-9-17(13-24)11-18(10-16)14-24)25-23(29)20-6-2-3-8-28(20)33(30,31)21-7-4-5-19-22(21)27-32-26-19/h4-5,7,15-18,20H,2-3,6,8-14H2,1H3,(H,25,29)/t15-,16?,17?,18?,20-,24?/m1/s1. The summed E-state index contributed by atoms with van der Waals surface area (Å²) in [5, 5.41) is 3.32. The van der Waals surface area contributed by atoms with Crippen molar-refractivity contribution in [1.29, 1.82) is 0 Å². The lowest BCUT2D eigenvalue weighted by molar-refractivity contribution is -0.130. The highest BCUT2D eigenvalue weighted by Crippen LogP contribution is 2.61. The van der Waals surface area contributed by atoms with E-state index in [-0.39, 0.29) is 22.3 Å². The van der Waals surface area contributed by atoms with Gasteiger partial charge in [-0.15, -0.1) is 0 Å². The van der Waals surface area contributed by atoms with E-state index >= 15 is 0 Å². The van der Waals surface area contributed by atoms with E-state index in [1.165, 1.54) is 42.8 Å². The third-order valence-corrected chi connectivity index (χ3v) is 11.4. The number of sulfonamides is 1. The van der Waals surface area contributed by atoms with Crippen LogP contribution in [-0.4, -0.2) is 46.0 Å². The predicted octanol–water partition coefficient (Wildman–Crippen LogP) is 3.96. The van der Waals surface area contributed by atoms with Gasteiger partial charge in [0.15, 0.2) is 0 Å². The molecule has 33 heavy (non-hydrogen) atoms. The molecule has 178 valence electrons. The number of hydrogen-bond acceptors (Lipinski definition) is 6. The van der Waals surface area contributed by atoms with Gasteiger partial charge >= 0.3 is 0 Å². The molecule has 5 aliphatic rings. The van der Waals surface area contributed by atoms with E-state index in [1.807, 2.05) is 0 Å². The quantitative estimate of drug-likeness (QED) is 0.688. The molecule has 9 heteroatoms. The molecule has 1 amide bonds. The highest BCUT2D eigenvalue weighted by molar-refractivity contribution is 7.89. The van der Waals surface area contributed by atoms with Gasteiger partial charge < -0.3 is 5.32 Å². The molecule has 0 unspecified atom stereocenters. The molecular formula is C24H32N4O3S2. The zero-order valence-corrected chi connectivity index (χ0v) is 20.7. The summed E-state index contributed by atoms with van der Waals surface area (Å²) in [5.74, 6) is 2.31. The van der Waals surface area contributed by atoms with Crippen LogP contribution < -0.4 is 5.32 Å². The molecule has 2 heterocycles. The van der Waals surface area contributed by atoms with E-state index in [0.717, 1.165) is 42.3 Å². The van der Waals surface area contributed by atoms with Gasteiger partial charge in [0, 0.05) is 12.6 Å². The fraction of sp³-hybridized carbons (Fsp3) is 0.708. The van der Waals surface area contributed by atoms with Crippen LogP contribution in [0, 0.1) is 23.2 Å². The van der Waals surface area contributed by atoms with Crippen molar-refractivity contribution in [1.82, 2.24) is 18.4 Å². The Morgan fingerprint density at radius 1 is 1.12 bits per heavy atom. The molecule has 4 aliphatic carbocycles. The molecular weight excluding hydrogens is 456 g/mol. The molecule has 1 aromatic heterocycles. The summed E-state index contributed by atoms with van der Waals surface area (Å²) in [4.78, 5) is 13.7. The maximum atomic E-state index is 13.7. The van der Waals surface area contributed by atoms with Crippen LogP contribution >= 0.6 is 11.7 Å². The van der Waals surface area contributed by atoms with Crippen molar-refractivity contribution in [3.63, 3.8) is 0 Å². The van der Waals surface area contributed by atoms with Crippen LogP contribution in [-0.2, 0) is 14.8 Å². The number of hydrogen-bond donors (Lipinski definition) is 1. The van der Waals surface area contributed by atoms with Crippen molar-refractivity contribution in [3.05, 3.63) is 18.2 Å². The van der Waals surface area contributed by atoms with Crippen LogP contribution in [0.15, 0.2) is 23.1 Å². The third-order valence-electron chi connectivity index (χ3n) is 8.95. The van der Waals surface area contributed by atoms with Gasteiger partial charge in [-0.05, 0) is 93.6 Å². The molecule has 4 saturated carbocycles. The molecule has 5 fully saturated rings. The zero-order chi connectivity index (χ0) is 22.8. The number of amides is 1. The van der Waals surface area contributed by atoms with Crippen molar-refractivity contribution >= 4 is 38.7 Å². The Labute approximate surface area is 199 Å². The first-order valence-electron chi connectivity index (χ1n) is 12.4. The maximum Gasteiger partial charge on any atom is 0.246 e. The van der Waals surface area contributed by atoms with Gasteiger partial charge in [-0.25, -0.2) is 8.42 Å². The first-order chi connectivity index (χ1) is 15.9. The van der Waals surface area contributed by atoms with Crippen molar-refractivity contribution in [2.24, 2.45) is 23.2 Å². The first kappa shape index (κ1) is 21.9. The molecule has 7 nitrogen and oxygen atoms in total. The SMILES string of the molecule is C[C@@H](NC(=O)[C@H]1CCCCN1S(=O)(=O)c1cccc2nsnc12)C12CC3CC(CC(C3)C1)C2. The molecule has 0 spiro atoms. The molecule has 1 saturated heterocycles. The van der Waals surface area contributed by atoms with E-state index in [2.05, 4.69) is 21.0 Å². The average Bonchev–Trinajstić information content (AvgIpc) is 3.27. The van der Waals surface area contributed by atoms with Gasteiger partial charge in [-0.3, -0.25) is 4.79 Å². The highest BCUT2D eigenvalue weighted by atomic mass is 32.2. The second-order valence-corrected chi connectivity index (χ2v) is 13.4. The van der Waals surface area contributed by atoms with Crippen molar-refractivity contribution < 1.29 is 13.2 Å². The minimum atomic E-state index is -3.86. The van der Waals surface area contributed by atoms with Crippen LogP contribution in [0.5, 0.6) is 0 Å². The number of nitrogens with zero attached hydrogens (tertiary/aromatic N) is 3. The van der Waals surface area contributed by atoms with Gasteiger partial charge in [0.25, 0.3) is 0 Å². The Hall–Kier alpha value is -1.58. The minimum Gasteiger partial charge on any atom is -0.352 e. The number of aromatic nitrogens is 2. The molecule has 1 N–H and O–H groups in total. The number of carbonyl (C=O) groups excluding carboxylic acids is 1. The number of fused-ring (bicyclic) bond motifs is 1. The molecule has 4 bridgehead atoms. The lowest BCUT2D eigenvalue weighted by Gasteiger charge is -2.59. The summed E-state index contributed by atoms with van der Waals surface area (Å²) < 4.78 is 37.2. The van der Waals surface area contributed by atoms with Crippen LogP contribution in [0.1, 0.15) is 64.7 Å². The fourth-order valence-electron chi connectivity index (χ4n) is 7.74. The van der Waals surface area contributed by atoms with E-state index in [9.17, 15) is 13.2 Å². The Morgan fingerprint density at radius 3 is 2.52 bits per heavy atom. The molecule has 7 rings (SSSR count). The first-order valence-corrected chi connectivity index (χ1v) is 14.6. The molecule has 2 atom stereocenters. The van der Waals surface area contributed by atoms with Gasteiger partial charge in [0.2, 0.25) is 15.9 Å². The number of nitrogens with one attached hydrogen (secondary N) is 1. The second-order valence-electron chi connectivity index (χ2n) is 11.0. The average molecular weight is 489 g/mol. The third kappa shape index (κ3) is 3.62. The summed E-state index contributed by atoms with van der Waals surface area (Å²) in [6.07, 6.45) is 9.92. The highest BCUT2D eigenvalue weighted by Gasteiger charge is 2.53. The molecule has 1 aliphatic heterocycles. The number of rotatable bonds is 5. The Kier molecular flexibility index (Phi) is 5.30. The second kappa shape index (κ2) is 7.99. The number of piperidine rings is 1. The van der Waals surface area contributed by atoms with E-state index in [1.54, 1.807) is 18.2 Å². The maximum absolute atomic E-state index is 13.7. The topological polar surface area (TPSA) is 92.3 Å². The lowest BCUT2D eigenvalue weighted by atomic mass is 9.48. The van der Waals surface area contributed by atoms with Crippen LogP contribution in [0.4, 0.5) is 0 Å². The monoisotopic (exact) mass is 488 g/mol. The van der Waals surface area contributed by atoms with Crippen molar-refractivity contribution in [2.75, 3.05) is 6.54 Å². The smallest absolute Gasteiger partial charge is 0.246 e. The van der Waals surface area contributed by atoms with Crippen LogP contribution in [0.25, 0.3) is 11.0 Å². The Bertz CT molecular complexity index is 1140.